The molecule has 0 atom stereocenters. The Balaban J connectivity index is 3.00. The molecule has 0 spiro atoms. The Kier molecular flexibility index (Phi) is 4.10. The van der Waals surface area contributed by atoms with E-state index in [2.05, 4.69) is 6.92 Å². The highest BCUT2D eigenvalue weighted by molar-refractivity contribution is 6.27. The average Bonchev–Trinajstić information content (AvgIpc) is 1.68. The maximum absolute atomic E-state index is 10.2. The molecule has 0 amide bonds. The standard InChI is InChI=1S/C5H8ClO/c1-2-3-5(7)4-6/h1-4H2. The summed E-state index contributed by atoms with van der Waals surface area (Å²) in [5, 5.41) is 0. The average molecular weight is 120 g/mol. The first-order chi connectivity index (χ1) is 3.31. The molecule has 0 saturated heterocycles. The van der Waals surface area contributed by atoms with E-state index in [9.17, 15) is 4.79 Å². The van der Waals surface area contributed by atoms with E-state index >= 15 is 0 Å². The lowest BCUT2D eigenvalue weighted by atomic mass is 10.3. The Morgan fingerprint density at radius 1 is 1.71 bits per heavy atom. The van der Waals surface area contributed by atoms with E-state index in [0.717, 1.165) is 0 Å². The zero-order valence-electron chi connectivity index (χ0n) is 4.11. The summed E-state index contributed by atoms with van der Waals surface area (Å²) >= 11 is 5.15. The predicted molar refractivity (Wildman–Crippen MR) is 30.3 cm³/mol. The molecule has 0 rings (SSSR count). The summed E-state index contributed by atoms with van der Waals surface area (Å²) in [6.45, 7) is 3.49. The van der Waals surface area contributed by atoms with Crippen LogP contribution in [0.15, 0.2) is 0 Å². The topological polar surface area (TPSA) is 17.1 Å². The Hall–Kier alpha value is -0.0400. The molecule has 0 aromatic heterocycles. The third-order valence-corrected chi connectivity index (χ3v) is 0.903. The van der Waals surface area contributed by atoms with Gasteiger partial charge in [0.05, 0.1) is 5.88 Å². The first-order valence-corrected chi connectivity index (χ1v) is 2.71. The minimum atomic E-state index is 0.0802. The molecular weight excluding hydrogens is 112 g/mol. The molecule has 0 saturated carbocycles. The summed E-state index contributed by atoms with van der Waals surface area (Å²) in [5.74, 6) is 0.215. The zero-order valence-corrected chi connectivity index (χ0v) is 4.87. The number of ketones is 1. The third-order valence-electron chi connectivity index (χ3n) is 0.605. The fourth-order valence-electron chi connectivity index (χ4n) is 0.264. The quantitative estimate of drug-likeness (QED) is 0.514. The number of carbonyl (C=O) groups is 1. The second kappa shape index (κ2) is 4.13. The summed E-state index contributed by atoms with van der Waals surface area (Å²) in [5.41, 5.74) is 0. The number of hydrogen-bond acceptors (Lipinski definition) is 1. The molecule has 0 aromatic rings. The van der Waals surface area contributed by atoms with Crippen LogP contribution in [0.2, 0.25) is 0 Å². The van der Waals surface area contributed by atoms with E-state index in [-0.39, 0.29) is 11.7 Å². The van der Waals surface area contributed by atoms with E-state index in [1.54, 1.807) is 0 Å². The molecule has 0 heterocycles. The number of Topliss-reactive ketones (excluding diaryl/α,β-unsaturated/α-hetero) is 1. The number of halogens is 1. The molecule has 41 valence electrons. The number of rotatable bonds is 3. The molecule has 0 aromatic carbocycles. The molecule has 0 bridgehead atoms. The van der Waals surface area contributed by atoms with Crippen LogP contribution in [-0.4, -0.2) is 11.7 Å². The summed E-state index contributed by atoms with van der Waals surface area (Å²) in [7, 11) is 0. The van der Waals surface area contributed by atoms with E-state index in [1.807, 2.05) is 0 Å². The minimum absolute atomic E-state index is 0.0802. The van der Waals surface area contributed by atoms with Crippen molar-refractivity contribution in [3.8, 4) is 0 Å². The highest BCUT2D eigenvalue weighted by Gasteiger charge is 1.93. The first kappa shape index (κ1) is 6.96. The van der Waals surface area contributed by atoms with Gasteiger partial charge in [0, 0.05) is 6.42 Å². The molecule has 1 radical (unpaired) electrons. The van der Waals surface area contributed by atoms with Gasteiger partial charge in [0.1, 0.15) is 5.78 Å². The number of carbonyl (C=O) groups excluding carboxylic acids is 1. The molecule has 0 aliphatic rings. The van der Waals surface area contributed by atoms with Crippen LogP contribution in [0, 0.1) is 6.92 Å². The minimum Gasteiger partial charge on any atom is -0.298 e. The maximum atomic E-state index is 10.2. The van der Waals surface area contributed by atoms with Crippen molar-refractivity contribution < 1.29 is 4.79 Å². The molecule has 0 aliphatic carbocycles. The van der Waals surface area contributed by atoms with E-state index in [1.165, 1.54) is 0 Å². The van der Waals surface area contributed by atoms with Crippen molar-refractivity contribution in [1.82, 2.24) is 0 Å². The summed E-state index contributed by atoms with van der Waals surface area (Å²) in [6, 6.07) is 0. The normalized spacial score (nSPS) is 8.86. The zero-order chi connectivity index (χ0) is 5.70. The van der Waals surface area contributed by atoms with Gasteiger partial charge in [0.2, 0.25) is 0 Å². The predicted octanol–water partition coefficient (Wildman–Crippen LogP) is 1.41. The molecule has 2 heteroatoms. The molecule has 0 fully saturated rings. The summed E-state index contributed by atoms with van der Waals surface area (Å²) in [6.07, 6.45) is 1.18. The van der Waals surface area contributed by atoms with Gasteiger partial charge < -0.3 is 0 Å². The Labute approximate surface area is 48.7 Å². The second-order valence-electron chi connectivity index (χ2n) is 1.28. The highest BCUT2D eigenvalue weighted by atomic mass is 35.5. The molecular formula is C5H8ClO. The lowest BCUT2D eigenvalue weighted by molar-refractivity contribution is -0.116. The van der Waals surface area contributed by atoms with Gasteiger partial charge in [0.15, 0.2) is 0 Å². The van der Waals surface area contributed by atoms with Crippen LogP contribution in [0.5, 0.6) is 0 Å². The van der Waals surface area contributed by atoms with Crippen LogP contribution in [-0.2, 0) is 4.79 Å². The van der Waals surface area contributed by atoms with Crippen LogP contribution >= 0.6 is 11.6 Å². The van der Waals surface area contributed by atoms with Gasteiger partial charge in [-0.2, -0.15) is 0 Å². The maximum Gasteiger partial charge on any atom is 0.147 e. The van der Waals surface area contributed by atoms with E-state index < -0.39 is 0 Å². The smallest absolute Gasteiger partial charge is 0.147 e. The molecule has 7 heavy (non-hydrogen) atoms. The van der Waals surface area contributed by atoms with Crippen molar-refractivity contribution in [2.75, 3.05) is 5.88 Å². The Morgan fingerprint density at radius 3 is 2.43 bits per heavy atom. The monoisotopic (exact) mass is 119 g/mol. The first-order valence-electron chi connectivity index (χ1n) is 2.18. The SMILES string of the molecule is [CH2]CCC(=O)CCl. The fraction of sp³-hybridized carbons (Fsp3) is 0.600. The lowest BCUT2D eigenvalue weighted by Crippen LogP contribution is -1.96. The van der Waals surface area contributed by atoms with Crippen LogP contribution in [0.3, 0.4) is 0 Å². The van der Waals surface area contributed by atoms with Crippen LogP contribution < -0.4 is 0 Å². The largest absolute Gasteiger partial charge is 0.298 e. The third kappa shape index (κ3) is 3.80. The summed E-state index contributed by atoms with van der Waals surface area (Å²) < 4.78 is 0. The van der Waals surface area contributed by atoms with Crippen molar-refractivity contribution in [3.05, 3.63) is 6.92 Å². The van der Waals surface area contributed by atoms with Gasteiger partial charge in [-0.25, -0.2) is 0 Å². The molecule has 0 aliphatic heterocycles. The van der Waals surface area contributed by atoms with E-state index in [4.69, 9.17) is 11.6 Å². The summed E-state index contributed by atoms with van der Waals surface area (Å²) in [4.78, 5) is 10.2. The van der Waals surface area contributed by atoms with Crippen molar-refractivity contribution in [2.45, 2.75) is 12.8 Å². The molecule has 1 nitrogen and oxygen atoms in total. The van der Waals surface area contributed by atoms with Gasteiger partial charge in [0.25, 0.3) is 0 Å². The van der Waals surface area contributed by atoms with Gasteiger partial charge in [-0.3, -0.25) is 4.79 Å². The van der Waals surface area contributed by atoms with Gasteiger partial charge >= 0.3 is 0 Å². The van der Waals surface area contributed by atoms with Crippen molar-refractivity contribution in [3.63, 3.8) is 0 Å². The Bertz CT molecular complexity index is 61.1. The van der Waals surface area contributed by atoms with Gasteiger partial charge in [-0.05, 0) is 6.42 Å². The van der Waals surface area contributed by atoms with Gasteiger partial charge in [-0.15, -0.1) is 11.6 Å². The van der Waals surface area contributed by atoms with Crippen LogP contribution in [0.1, 0.15) is 12.8 Å². The number of alkyl halides is 1. The van der Waals surface area contributed by atoms with E-state index in [0.29, 0.717) is 12.8 Å². The van der Waals surface area contributed by atoms with Crippen LogP contribution in [0.25, 0.3) is 0 Å². The van der Waals surface area contributed by atoms with Crippen LogP contribution in [0.4, 0.5) is 0 Å². The Morgan fingerprint density at radius 2 is 2.29 bits per heavy atom. The van der Waals surface area contributed by atoms with Crippen molar-refractivity contribution in [1.29, 1.82) is 0 Å². The van der Waals surface area contributed by atoms with Gasteiger partial charge in [-0.1, -0.05) is 6.92 Å². The molecule has 0 N–H and O–H groups in total. The number of hydrogen-bond donors (Lipinski definition) is 0. The second-order valence-corrected chi connectivity index (χ2v) is 1.54. The van der Waals surface area contributed by atoms with Crippen molar-refractivity contribution in [2.24, 2.45) is 0 Å². The highest BCUT2D eigenvalue weighted by Crippen LogP contribution is 1.89. The van der Waals surface area contributed by atoms with Crippen molar-refractivity contribution >= 4 is 17.4 Å². The fourth-order valence-corrected chi connectivity index (χ4v) is 0.398. The molecule has 0 unspecified atom stereocenters. The lowest BCUT2D eigenvalue weighted by Gasteiger charge is -1.85.